The molecule has 0 aromatic heterocycles. The van der Waals surface area contributed by atoms with Gasteiger partial charge in [0.15, 0.2) is 5.11 Å². The van der Waals surface area contributed by atoms with Crippen molar-refractivity contribution < 1.29 is 14.5 Å². The minimum atomic E-state index is -0.549. The number of nitro benzene ring substituents is 1. The third-order valence-corrected chi connectivity index (χ3v) is 3.61. The Morgan fingerprint density at radius 2 is 1.67 bits per heavy atom. The van der Waals surface area contributed by atoms with Crippen LogP contribution in [0.2, 0.25) is 0 Å². The van der Waals surface area contributed by atoms with Crippen molar-refractivity contribution in [3.05, 3.63) is 69.8 Å². The molecule has 0 atom stereocenters. The van der Waals surface area contributed by atoms with Crippen LogP contribution in [0.3, 0.4) is 0 Å². The number of nitrogens with one attached hydrogen (secondary N) is 3. The summed E-state index contributed by atoms with van der Waals surface area (Å²) in [6.45, 7) is 3.70. The number of hydrogen-bond donors (Lipinski definition) is 3. The highest BCUT2D eigenvalue weighted by Crippen LogP contribution is 2.15. The second-order valence-electron chi connectivity index (χ2n) is 5.89. The maximum absolute atomic E-state index is 12.3. The van der Waals surface area contributed by atoms with Gasteiger partial charge in [0, 0.05) is 23.7 Å². The van der Waals surface area contributed by atoms with Crippen molar-refractivity contribution in [3.63, 3.8) is 0 Å². The van der Waals surface area contributed by atoms with Gasteiger partial charge in [0.2, 0.25) is 0 Å². The lowest BCUT2D eigenvalue weighted by Crippen LogP contribution is -2.35. The second kappa shape index (κ2) is 8.86. The zero-order chi connectivity index (χ0) is 20.0. The Morgan fingerprint density at radius 3 is 2.26 bits per heavy atom. The van der Waals surface area contributed by atoms with E-state index < -0.39 is 10.8 Å². The van der Waals surface area contributed by atoms with Gasteiger partial charge < -0.3 is 10.6 Å². The smallest absolute Gasteiger partial charge is 0.269 e. The molecule has 140 valence electrons. The van der Waals surface area contributed by atoms with E-state index in [-0.39, 0.29) is 28.3 Å². The van der Waals surface area contributed by atoms with Gasteiger partial charge in [-0.05, 0) is 50.3 Å². The molecule has 0 aliphatic rings. The first-order valence-electron chi connectivity index (χ1n) is 8.04. The third-order valence-electron chi connectivity index (χ3n) is 3.41. The highest BCUT2D eigenvalue weighted by Gasteiger charge is 2.14. The summed E-state index contributed by atoms with van der Waals surface area (Å²) in [6, 6.07) is 11.9. The van der Waals surface area contributed by atoms with Crippen LogP contribution < -0.4 is 16.0 Å². The quantitative estimate of drug-likeness (QED) is 0.414. The van der Waals surface area contributed by atoms with Crippen LogP contribution in [0.15, 0.2) is 48.5 Å². The number of anilines is 1. The van der Waals surface area contributed by atoms with Crippen molar-refractivity contribution in [2.75, 3.05) is 5.32 Å². The van der Waals surface area contributed by atoms with Gasteiger partial charge >= 0.3 is 0 Å². The average Bonchev–Trinajstić information content (AvgIpc) is 2.61. The fourth-order valence-corrected chi connectivity index (χ4v) is 2.40. The van der Waals surface area contributed by atoms with Gasteiger partial charge in [-0.25, -0.2) is 0 Å². The van der Waals surface area contributed by atoms with Crippen LogP contribution in [0.1, 0.15) is 34.6 Å². The van der Waals surface area contributed by atoms with Crippen molar-refractivity contribution in [1.29, 1.82) is 0 Å². The van der Waals surface area contributed by atoms with Gasteiger partial charge in [0.25, 0.3) is 17.5 Å². The number of amides is 2. The van der Waals surface area contributed by atoms with E-state index in [0.29, 0.717) is 11.3 Å². The number of rotatable bonds is 5. The molecule has 27 heavy (non-hydrogen) atoms. The third kappa shape index (κ3) is 5.58. The molecule has 0 saturated heterocycles. The summed E-state index contributed by atoms with van der Waals surface area (Å²) in [5.41, 5.74) is 0.940. The largest absolute Gasteiger partial charge is 0.350 e. The lowest BCUT2D eigenvalue weighted by molar-refractivity contribution is -0.384. The number of nitro groups is 1. The molecule has 0 saturated carbocycles. The normalized spacial score (nSPS) is 10.2. The Hall–Kier alpha value is -3.33. The number of non-ortho nitro benzene ring substituents is 1. The van der Waals surface area contributed by atoms with Crippen molar-refractivity contribution in [3.8, 4) is 0 Å². The number of nitrogens with zero attached hydrogens (tertiary/aromatic N) is 1. The minimum absolute atomic E-state index is 0.00292. The predicted molar refractivity (Wildman–Crippen MR) is 106 cm³/mol. The molecule has 0 aliphatic heterocycles. The molecular weight excluding hydrogens is 368 g/mol. The highest BCUT2D eigenvalue weighted by atomic mass is 32.1. The van der Waals surface area contributed by atoms with Crippen LogP contribution in [0.25, 0.3) is 0 Å². The Labute approximate surface area is 161 Å². The molecule has 0 heterocycles. The number of thiocarbonyl (C=S) groups is 1. The highest BCUT2D eigenvalue weighted by molar-refractivity contribution is 7.80. The maximum Gasteiger partial charge on any atom is 0.269 e. The molecule has 2 aromatic rings. The predicted octanol–water partition coefficient (Wildman–Crippen LogP) is 2.86. The van der Waals surface area contributed by atoms with E-state index in [4.69, 9.17) is 12.2 Å². The molecule has 0 bridgehead atoms. The number of benzene rings is 2. The van der Waals surface area contributed by atoms with Crippen molar-refractivity contribution in [1.82, 2.24) is 10.6 Å². The van der Waals surface area contributed by atoms with E-state index in [9.17, 15) is 19.7 Å². The summed E-state index contributed by atoms with van der Waals surface area (Å²) in [7, 11) is 0. The Morgan fingerprint density at radius 1 is 1.04 bits per heavy atom. The van der Waals surface area contributed by atoms with Gasteiger partial charge in [0.05, 0.1) is 16.2 Å². The Bertz CT molecular complexity index is 881. The molecule has 2 amide bonds. The Balaban J connectivity index is 2.06. The maximum atomic E-state index is 12.3. The first kappa shape index (κ1) is 20.0. The summed E-state index contributed by atoms with van der Waals surface area (Å²) in [5, 5.41) is 18.8. The van der Waals surface area contributed by atoms with E-state index in [0.717, 1.165) is 0 Å². The molecule has 3 N–H and O–H groups in total. The number of para-hydroxylation sites is 1. The summed E-state index contributed by atoms with van der Waals surface area (Å²) in [5.74, 6) is -0.788. The van der Waals surface area contributed by atoms with Crippen LogP contribution in [0, 0.1) is 10.1 Å². The summed E-state index contributed by atoms with van der Waals surface area (Å²) in [6.07, 6.45) is 0. The van der Waals surface area contributed by atoms with Gasteiger partial charge in [-0.3, -0.25) is 25.0 Å². The standard InChI is InChI=1S/C18H18N4O4S/c1-11(2)19-17(24)14-5-3-4-6-15(14)20-18(27)21-16(23)12-7-9-13(10-8-12)22(25)26/h3-11H,1-2H3,(H,19,24)(H2,20,21,23,27). The molecule has 0 spiro atoms. The number of hydrogen-bond acceptors (Lipinski definition) is 5. The van der Waals surface area contributed by atoms with Gasteiger partial charge in [-0.1, -0.05) is 12.1 Å². The number of carbonyl (C=O) groups is 2. The molecule has 2 aromatic carbocycles. The first-order chi connectivity index (χ1) is 12.8. The van der Waals surface area contributed by atoms with E-state index in [1.54, 1.807) is 24.3 Å². The van der Waals surface area contributed by atoms with Crippen molar-refractivity contribution in [2.24, 2.45) is 0 Å². The van der Waals surface area contributed by atoms with E-state index in [2.05, 4.69) is 16.0 Å². The molecule has 0 aliphatic carbocycles. The van der Waals surface area contributed by atoms with Gasteiger partial charge in [-0.2, -0.15) is 0 Å². The molecule has 2 rings (SSSR count). The second-order valence-corrected chi connectivity index (χ2v) is 6.29. The Kier molecular flexibility index (Phi) is 6.56. The summed E-state index contributed by atoms with van der Waals surface area (Å²) < 4.78 is 0. The lowest BCUT2D eigenvalue weighted by atomic mass is 10.1. The van der Waals surface area contributed by atoms with Crippen molar-refractivity contribution >= 4 is 40.5 Å². The van der Waals surface area contributed by atoms with E-state index in [1.807, 2.05) is 13.8 Å². The molecule has 0 radical (unpaired) electrons. The van der Waals surface area contributed by atoms with E-state index in [1.165, 1.54) is 24.3 Å². The van der Waals surface area contributed by atoms with Gasteiger partial charge in [-0.15, -0.1) is 0 Å². The monoisotopic (exact) mass is 386 g/mol. The molecule has 9 heteroatoms. The average molecular weight is 386 g/mol. The fourth-order valence-electron chi connectivity index (χ4n) is 2.19. The van der Waals surface area contributed by atoms with E-state index >= 15 is 0 Å². The summed E-state index contributed by atoms with van der Waals surface area (Å²) in [4.78, 5) is 34.6. The lowest BCUT2D eigenvalue weighted by Gasteiger charge is -2.14. The molecule has 0 unspecified atom stereocenters. The van der Waals surface area contributed by atoms with Crippen LogP contribution >= 0.6 is 12.2 Å². The van der Waals surface area contributed by atoms with Crippen LogP contribution in [-0.2, 0) is 0 Å². The zero-order valence-electron chi connectivity index (χ0n) is 14.7. The zero-order valence-corrected chi connectivity index (χ0v) is 15.5. The fraction of sp³-hybridized carbons (Fsp3) is 0.167. The SMILES string of the molecule is CC(C)NC(=O)c1ccccc1NC(=S)NC(=O)c1ccc([N+](=O)[O-])cc1. The van der Waals surface area contributed by atoms with Crippen molar-refractivity contribution in [2.45, 2.75) is 19.9 Å². The number of carbonyl (C=O) groups excluding carboxylic acids is 2. The van der Waals surface area contributed by atoms with Crippen LogP contribution in [-0.4, -0.2) is 27.9 Å². The van der Waals surface area contributed by atoms with Crippen LogP contribution in [0.4, 0.5) is 11.4 Å². The topological polar surface area (TPSA) is 113 Å². The molecule has 8 nitrogen and oxygen atoms in total. The minimum Gasteiger partial charge on any atom is -0.350 e. The first-order valence-corrected chi connectivity index (χ1v) is 8.45. The molecule has 0 fully saturated rings. The van der Waals surface area contributed by atoms with Gasteiger partial charge in [0.1, 0.15) is 0 Å². The van der Waals surface area contributed by atoms with Crippen LogP contribution in [0.5, 0.6) is 0 Å². The summed E-state index contributed by atoms with van der Waals surface area (Å²) >= 11 is 5.13. The molecular formula is C18H18N4O4S.